The Bertz CT molecular complexity index is 988. The van der Waals surface area contributed by atoms with Crippen molar-refractivity contribution in [3.8, 4) is 5.69 Å². The first kappa shape index (κ1) is 20.9. The molecule has 0 saturated heterocycles. The first-order valence-electron chi connectivity index (χ1n) is 9.68. The zero-order chi connectivity index (χ0) is 21.0. The molecule has 29 heavy (non-hydrogen) atoms. The number of aromatic nitrogens is 3. The minimum absolute atomic E-state index is 0.0906. The van der Waals surface area contributed by atoms with Crippen molar-refractivity contribution >= 4 is 5.78 Å². The summed E-state index contributed by atoms with van der Waals surface area (Å²) in [6.45, 7) is 6.10. The largest absolute Gasteiger partial charge is 0.390 e. The molecular weight excluding hydrogens is 369 g/mol. The molecule has 0 aliphatic carbocycles. The number of carbonyl (C=O) groups excluding carboxylic acids is 1. The lowest BCUT2D eigenvalue weighted by molar-refractivity contribution is -0.118. The average Bonchev–Trinajstić information content (AvgIpc) is 3.12. The van der Waals surface area contributed by atoms with Gasteiger partial charge in [0.1, 0.15) is 11.6 Å². The van der Waals surface area contributed by atoms with E-state index in [0.717, 1.165) is 17.0 Å². The van der Waals surface area contributed by atoms with E-state index in [2.05, 4.69) is 30.9 Å². The molecule has 2 aromatic heterocycles. The Hall–Kier alpha value is -2.86. The van der Waals surface area contributed by atoms with Gasteiger partial charge in [-0.25, -0.2) is 9.07 Å². The lowest BCUT2D eigenvalue weighted by atomic mass is 9.92. The molecule has 0 spiro atoms. The van der Waals surface area contributed by atoms with E-state index >= 15 is 0 Å². The Morgan fingerprint density at radius 3 is 2.59 bits per heavy atom. The van der Waals surface area contributed by atoms with Crippen LogP contribution in [0.3, 0.4) is 0 Å². The molecule has 2 heterocycles. The number of hydrogen-bond donors (Lipinski definition) is 1. The maximum absolute atomic E-state index is 13.7. The van der Waals surface area contributed by atoms with E-state index in [-0.39, 0.29) is 23.6 Å². The SMILES string of the molecule is CC(C)(C)c1cc(CCC(=O)Cc2ccc(CO)nc2)n(-c2cccc(F)c2)n1. The van der Waals surface area contributed by atoms with Crippen LogP contribution in [0.2, 0.25) is 0 Å². The van der Waals surface area contributed by atoms with Gasteiger partial charge in [-0.1, -0.05) is 32.9 Å². The maximum atomic E-state index is 13.7. The van der Waals surface area contributed by atoms with Crippen LogP contribution in [-0.4, -0.2) is 25.7 Å². The summed E-state index contributed by atoms with van der Waals surface area (Å²) in [7, 11) is 0. The Labute approximate surface area is 170 Å². The molecule has 3 aromatic rings. The highest BCUT2D eigenvalue weighted by Crippen LogP contribution is 2.24. The van der Waals surface area contributed by atoms with Gasteiger partial charge in [0.25, 0.3) is 0 Å². The van der Waals surface area contributed by atoms with E-state index in [0.29, 0.717) is 30.6 Å². The normalized spacial score (nSPS) is 11.6. The Kier molecular flexibility index (Phi) is 6.23. The molecule has 5 nitrogen and oxygen atoms in total. The van der Waals surface area contributed by atoms with Gasteiger partial charge in [-0.15, -0.1) is 0 Å². The molecule has 0 aliphatic rings. The van der Waals surface area contributed by atoms with Crippen molar-refractivity contribution in [3.05, 3.63) is 77.1 Å². The molecular formula is C23H26FN3O2. The summed E-state index contributed by atoms with van der Waals surface area (Å²) in [5.74, 6) is -0.232. The molecule has 1 aromatic carbocycles. The van der Waals surface area contributed by atoms with Gasteiger partial charge in [0.05, 0.1) is 23.7 Å². The van der Waals surface area contributed by atoms with Crippen LogP contribution in [0.15, 0.2) is 48.7 Å². The number of hydrogen-bond acceptors (Lipinski definition) is 4. The van der Waals surface area contributed by atoms with Gasteiger partial charge in [-0.05, 0) is 42.3 Å². The number of aliphatic hydroxyl groups is 1. The number of aryl methyl sites for hydroxylation is 1. The molecule has 152 valence electrons. The Morgan fingerprint density at radius 1 is 1.17 bits per heavy atom. The van der Waals surface area contributed by atoms with Crippen molar-refractivity contribution in [2.24, 2.45) is 0 Å². The molecule has 1 N–H and O–H groups in total. The zero-order valence-electron chi connectivity index (χ0n) is 17.0. The van der Waals surface area contributed by atoms with Gasteiger partial charge >= 0.3 is 0 Å². The van der Waals surface area contributed by atoms with Crippen LogP contribution >= 0.6 is 0 Å². The summed E-state index contributed by atoms with van der Waals surface area (Å²) in [6, 6.07) is 11.8. The number of rotatable bonds is 7. The van der Waals surface area contributed by atoms with E-state index in [1.54, 1.807) is 23.0 Å². The molecule has 0 radical (unpaired) electrons. The van der Waals surface area contributed by atoms with Crippen LogP contribution in [0.4, 0.5) is 4.39 Å². The number of ketones is 1. The molecule has 0 bridgehead atoms. The van der Waals surface area contributed by atoms with Crippen LogP contribution in [0.5, 0.6) is 0 Å². The highest BCUT2D eigenvalue weighted by Gasteiger charge is 2.21. The van der Waals surface area contributed by atoms with E-state index in [9.17, 15) is 9.18 Å². The fraction of sp³-hybridized carbons (Fsp3) is 0.348. The third-order valence-electron chi connectivity index (χ3n) is 4.71. The minimum Gasteiger partial charge on any atom is -0.390 e. The van der Waals surface area contributed by atoms with Gasteiger partial charge in [0.2, 0.25) is 0 Å². The smallest absolute Gasteiger partial charge is 0.137 e. The van der Waals surface area contributed by atoms with E-state index in [4.69, 9.17) is 5.11 Å². The van der Waals surface area contributed by atoms with Crippen LogP contribution in [0, 0.1) is 5.82 Å². The summed E-state index contributed by atoms with van der Waals surface area (Å²) in [5, 5.41) is 13.7. The molecule has 0 saturated carbocycles. The minimum atomic E-state index is -0.323. The van der Waals surface area contributed by atoms with Gasteiger partial charge in [-0.2, -0.15) is 5.10 Å². The molecule has 0 atom stereocenters. The second-order valence-electron chi connectivity index (χ2n) is 8.19. The van der Waals surface area contributed by atoms with E-state index < -0.39 is 0 Å². The predicted molar refractivity (Wildman–Crippen MR) is 109 cm³/mol. The second-order valence-corrected chi connectivity index (χ2v) is 8.19. The Morgan fingerprint density at radius 2 is 1.97 bits per heavy atom. The topological polar surface area (TPSA) is 68.0 Å². The number of aliphatic hydroxyl groups excluding tert-OH is 1. The van der Waals surface area contributed by atoms with Crippen molar-refractivity contribution in [1.82, 2.24) is 14.8 Å². The fourth-order valence-corrected chi connectivity index (χ4v) is 3.03. The standard InChI is InChI=1S/C23H26FN3O2/c1-23(2,3)22-13-20(27(26-22)19-6-4-5-17(24)12-19)9-10-21(29)11-16-7-8-18(15-28)25-14-16/h4-8,12-14,28H,9-11,15H2,1-3H3. The van der Waals surface area contributed by atoms with Crippen LogP contribution < -0.4 is 0 Å². The van der Waals surface area contributed by atoms with Crippen LogP contribution in [0.25, 0.3) is 5.69 Å². The van der Waals surface area contributed by atoms with E-state index in [1.807, 2.05) is 18.2 Å². The number of halogens is 1. The molecule has 0 fully saturated rings. The molecule has 0 amide bonds. The fourth-order valence-electron chi connectivity index (χ4n) is 3.03. The number of Topliss-reactive ketones (excluding diaryl/α,β-unsaturated/α-hetero) is 1. The van der Waals surface area contributed by atoms with Crippen molar-refractivity contribution in [2.75, 3.05) is 0 Å². The number of carbonyl (C=O) groups is 1. The summed E-state index contributed by atoms with van der Waals surface area (Å²) in [4.78, 5) is 16.6. The third kappa shape index (κ3) is 5.35. The van der Waals surface area contributed by atoms with Crippen molar-refractivity contribution < 1.29 is 14.3 Å². The molecule has 0 aliphatic heterocycles. The highest BCUT2D eigenvalue weighted by molar-refractivity contribution is 5.81. The van der Waals surface area contributed by atoms with Crippen LogP contribution in [-0.2, 0) is 29.7 Å². The molecule has 0 unspecified atom stereocenters. The number of nitrogens with zero attached hydrogens (tertiary/aromatic N) is 3. The number of pyridine rings is 1. The summed E-state index contributed by atoms with van der Waals surface area (Å²) in [6.07, 6.45) is 2.78. The van der Waals surface area contributed by atoms with Crippen molar-refractivity contribution in [1.29, 1.82) is 0 Å². The number of benzene rings is 1. The lowest BCUT2D eigenvalue weighted by Gasteiger charge is -2.14. The highest BCUT2D eigenvalue weighted by atomic mass is 19.1. The van der Waals surface area contributed by atoms with Crippen molar-refractivity contribution in [2.45, 2.75) is 52.1 Å². The van der Waals surface area contributed by atoms with E-state index in [1.165, 1.54) is 12.1 Å². The predicted octanol–water partition coefficient (Wildman–Crippen LogP) is 3.94. The van der Waals surface area contributed by atoms with Gasteiger partial charge in [-0.3, -0.25) is 9.78 Å². The summed E-state index contributed by atoms with van der Waals surface area (Å²) in [5.41, 5.74) is 3.66. The lowest BCUT2D eigenvalue weighted by Crippen LogP contribution is -2.12. The Balaban J connectivity index is 1.76. The summed E-state index contributed by atoms with van der Waals surface area (Å²) >= 11 is 0. The van der Waals surface area contributed by atoms with Gasteiger partial charge in [0, 0.05) is 30.1 Å². The molecule has 6 heteroatoms. The third-order valence-corrected chi connectivity index (χ3v) is 4.71. The second kappa shape index (κ2) is 8.66. The first-order chi connectivity index (χ1) is 13.8. The van der Waals surface area contributed by atoms with Crippen molar-refractivity contribution in [3.63, 3.8) is 0 Å². The first-order valence-corrected chi connectivity index (χ1v) is 9.68. The molecule has 3 rings (SSSR count). The quantitative estimate of drug-likeness (QED) is 0.658. The zero-order valence-corrected chi connectivity index (χ0v) is 17.0. The van der Waals surface area contributed by atoms with Gasteiger partial charge < -0.3 is 5.11 Å². The maximum Gasteiger partial charge on any atom is 0.137 e. The summed E-state index contributed by atoms with van der Waals surface area (Å²) < 4.78 is 15.4. The van der Waals surface area contributed by atoms with Crippen LogP contribution in [0.1, 0.15) is 49.8 Å². The monoisotopic (exact) mass is 395 g/mol. The van der Waals surface area contributed by atoms with Gasteiger partial charge in [0.15, 0.2) is 0 Å². The average molecular weight is 395 g/mol.